The first-order valence-electron chi connectivity index (χ1n) is 5.49. The molecule has 86 valence electrons. The zero-order valence-corrected chi connectivity index (χ0v) is 9.68. The van der Waals surface area contributed by atoms with Gasteiger partial charge in [0.15, 0.2) is 0 Å². The van der Waals surface area contributed by atoms with Gasteiger partial charge in [0.2, 0.25) is 0 Å². The van der Waals surface area contributed by atoms with Gasteiger partial charge < -0.3 is 5.32 Å². The van der Waals surface area contributed by atoms with Crippen LogP contribution in [0.1, 0.15) is 21.5 Å². The van der Waals surface area contributed by atoms with Gasteiger partial charge in [-0.1, -0.05) is 29.8 Å². The molecule has 0 bridgehead atoms. The number of hydrogen-bond donors (Lipinski definition) is 1. The first-order valence-corrected chi connectivity index (χ1v) is 5.49. The van der Waals surface area contributed by atoms with Crippen LogP contribution in [0.15, 0.2) is 48.8 Å². The molecule has 3 nitrogen and oxygen atoms in total. The van der Waals surface area contributed by atoms with Crippen molar-refractivity contribution >= 4 is 5.91 Å². The minimum atomic E-state index is -0.0751. The van der Waals surface area contributed by atoms with E-state index in [1.54, 1.807) is 24.5 Å². The number of hydrogen-bond acceptors (Lipinski definition) is 2. The van der Waals surface area contributed by atoms with E-state index in [1.807, 2.05) is 25.1 Å². The van der Waals surface area contributed by atoms with Crippen molar-refractivity contribution in [3.8, 4) is 0 Å². The third kappa shape index (κ3) is 3.14. The number of rotatable bonds is 3. The van der Waals surface area contributed by atoms with Gasteiger partial charge in [0.05, 0.1) is 0 Å². The summed E-state index contributed by atoms with van der Waals surface area (Å²) in [7, 11) is 0. The molecule has 0 saturated heterocycles. The third-order valence-corrected chi connectivity index (χ3v) is 2.48. The second-order valence-electron chi connectivity index (χ2n) is 3.91. The summed E-state index contributed by atoms with van der Waals surface area (Å²) in [4.78, 5) is 15.6. The summed E-state index contributed by atoms with van der Waals surface area (Å²) >= 11 is 0. The molecule has 0 unspecified atom stereocenters. The molecule has 0 saturated carbocycles. The minimum absolute atomic E-state index is 0.0751. The number of nitrogens with zero attached hydrogens (tertiary/aromatic N) is 1. The van der Waals surface area contributed by atoms with E-state index in [-0.39, 0.29) is 5.91 Å². The Morgan fingerprint density at radius 1 is 1.24 bits per heavy atom. The van der Waals surface area contributed by atoms with E-state index in [9.17, 15) is 4.79 Å². The maximum absolute atomic E-state index is 11.8. The number of carbonyl (C=O) groups is 1. The molecule has 2 rings (SSSR count). The quantitative estimate of drug-likeness (QED) is 0.872. The van der Waals surface area contributed by atoms with E-state index < -0.39 is 0 Å². The molecule has 0 aliphatic carbocycles. The second-order valence-corrected chi connectivity index (χ2v) is 3.91. The second kappa shape index (κ2) is 5.25. The molecule has 3 heteroatoms. The lowest BCUT2D eigenvalue weighted by atomic mass is 10.1. The van der Waals surface area contributed by atoms with Crippen molar-refractivity contribution < 1.29 is 4.79 Å². The molecule has 1 heterocycles. The van der Waals surface area contributed by atoms with E-state index in [4.69, 9.17) is 0 Å². The summed E-state index contributed by atoms with van der Waals surface area (Å²) < 4.78 is 0. The van der Waals surface area contributed by atoms with Crippen molar-refractivity contribution in [3.63, 3.8) is 0 Å². The first kappa shape index (κ1) is 11.3. The van der Waals surface area contributed by atoms with Gasteiger partial charge in [0, 0.05) is 24.5 Å². The van der Waals surface area contributed by atoms with Crippen LogP contribution in [0.2, 0.25) is 0 Å². The normalized spacial score (nSPS) is 9.94. The van der Waals surface area contributed by atoms with Gasteiger partial charge in [-0.05, 0) is 24.6 Å². The van der Waals surface area contributed by atoms with Gasteiger partial charge in [-0.2, -0.15) is 0 Å². The Morgan fingerprint density at radius 2 is 2.00 bits per heavy atom. The van der Waals surface area contributed by atoms with Crippen LogP contribution in [0.3, 0.4) is 0 Å². The van der Waals surface area contributed by atoms with Crippen LogP contribution < -0.4 is 5.32 Å². The van der Waals surface area contributed by atoms with Gasteiger partial charge in [0.1, 0.15) is 0 Å². The third-order valence-electron chi connectivity index (χ3n) is 2.48. The van der Waals surface area contributed by atoms with Crippen LogP contribution in [0.25, 0.3) is 0 Å². The number of benzene rings is 1. The fourth-order valence-electron chi connectivity index (χ4n) is 1.61. The highest BCUT2D eigenvalue weighted by Crippen LogP contribution is 2.04. The summed E-state index contributed by atoms with van der Waals surface area (Å²) in [5, 5.41) is 2.88. The molecule has 0 spiro atoms. The van der Waals surface area contributed by atoms with E-state index in [1.165, 1.54) is 5.56 Å². The Hall–Kier alpha value is -2.16. The van der Waals surface area contributed by atoms with Gasteiger partial charge in [0.25, 0.3) is 5.91 Å². The average Bonchev–Trinajstić information content (AvgIpc) is 2.37. The number of nitrogens with one attached hydrogen (secondary N) is 1. The lowest BCUT2D eigenvalue weighted by Crippen LogP contribution is -2.22. The maximum Gasteiger partial charge on any atom is 0.251 e. The molecule has 2 aromatic rings. The van der Waals surface area contributed by atoms with Crippen LogP contribution in [-0.2, 0) is 6.54 Å². The molecule has 0 aliphatic rings. The first-order chi connectivity index (χ1) is 8.25. The van der Waals surface area contributed by atoms with Crippen molar-refractivity contribution in [2.45, 2.75) is 13.5 Å². The van der Waals surface area contributed by atoms with Crippen LogP contribution in [-0.4, -0.2) is 10.9 Å². The molecule has 0 atom stereocenters. The Bertz CT molecular complexity index is 509. The summed E-state index contributed by atoms with van der Waals surface area (Å²) in [5.41, 5.74) is 2.93. The van der Waals surface area contributed by atoms with E-state index in [2.05, 4.69) is 16.4 Å². The molecule has 1 amide bonds. The van der Waals surface area contributed by atoms with Gasteiger partial charge >= 0.3 is 0 Å². The molecular formula is C14H14N2O. The average molecular weight is 226 g/mol. The highest BCUT2D eigenvalue weighted by Gasteiger charge is 2.03. The van der Waals surface area contributed by atoms with Crippen molar-refractivity contribution in [2.24, 2.45) is 0 Å². The van der Waals surface area contributed by atoms with Crippen LogP contribution in [0.4, 0.5) is 0 Å². The number of amides is 1. The fraction of sp³-hybridized carbons (Fsp3) is 0.143. The molecule has 1 aromatic carbocycles. The Labute approximate surface area is 101 Å². The predicted octanol–water partition coefficient (Wildman–Crippen LogP) is 2.32. The Balaban J connectivity index is 1.97. The van der Waals surface area contributed by atoms with Crippen LogP contribution in [0, 0.1) is 6.92 Å². The highest BCUT2D eigenvalue weighted by molar-refractivity contribution is 5.93. The highest BCUT2D eigenvalue weighted by atomic mass is 16.1. The maximum atomic E-state index is 11.8. The van der Waals surface area contributed by atoms with E-state index >= 15 is 0 Å². The topological polar surface area (TPSA) is 42.0 Å². The summed E-state index contributed by atoms with van der Waals surface area (Å²) in [6.45, 7) is 2.58. The summed E-state index contributed by atoms with van der Waals surface area (Å²) in [6.07, 6.45) is 3.23. The zero-order valence-electron chi connectivity index (χ0n) is 9.68. The van der Waals surface area contributed by atoms with E-state index in [0.29, 0.717) is 12.1 Å². The van der Waals surface area contributed by atoms with Gasteiger partial charge in [-0.25, -0.2) is 0 Å². The molecule has 1 N–H and O–H groups in total. The monoisotopic (exact) mass is 226 g/mol. The molecule has 1 aromatic heterocycles. The lowest BCUT2D eigenvalue weighted by Gasteiger charge is -2.05. The number of carbonyl (C=O) groups excluding carboxylic acids is 1. The summed E-state index contributed by atoms with van der Waals surface area (Å²) in [6, 6.07) is 11.5. The number of aryl methyl sites for hydroxylation is 1. The molecule has 17 heavy (non-hydrogen) atoms. The standard InChI is InChI=1S/C14H14N2O/c1-11-3-2-4-12(9-11)10-16-14(17)13-5-7-15-8-6-13/h2-9H,10H2,1H3,(H,16,17). The Kier molecular flexibility index (Phi) is 3.50. The largest absolute Gasteiger partial charge is 0.348 e. The Morgan fingerprint density at radius 3 is 2.71 bits per heavy atom. The van der Waals surface area contributed by atoms with Crippen LogP contribution >= 0.6 is 0 Å². The molecule has 0 aliphatic heterocycles. The summed E-state index contributed by atoms with van der Waals surface area (Å²) in [5.74, 6) is -0.0751. The SMILES string of the molecule is Cc1cccc(CNC(=O)c2ccncc2)c1. The van der Waals surface area contributed by atoms with Crippen molar-refractivity contribution in [1.29, 1.82) is 0 Å². The molecular weight excluding hydrogens is 212 g/mol. The lowest BCUT2D eigenvalue weighted by molar-refractivity contribution is 0.0951. The van der Waals surface area contributed by atoms with Gasteiger partial charge in [-0.15, -0.1) is 0 Å². The smallest absolute Gasteiger partial charge is 0.251 e. The number of aromatic nitrogens is 1. The van der Waals surface area contributed by atoms with Crippen molar-refractivity contribution in [2.75, 3.05) is 0 Å². The van der Waals surface area contributed by atoms with Gasteiger partial charge in [-0.3, -0.25) is 9.78 Å². The van der Waals surface area contributed by atoms with E-state index in [0.717, 1.165) is 5.56 Å². The number of pyridine rings is 1. The minimum Gasteiger partial charge on any atom is -0.348 e. The van der Waals surface area contributed by atoms with Crippen molar-refractivity contribution in [3.05, 3.63) is 65.5 Å². The fourth-order valence-corrected chi connectivity index (χ4v) is 1.61. The molecule has 0 radical (unpaired) electrons. The molecule has 0 fully saturated rings. The zero-order chi connectivity index (χ0) is 12.1. The van der Waals surface area contributed by atoms with Crippen LogP contribution in [0.5, 0.6) is 0 Å². The predicted molar refractivity (Wildman–Crippen MR) is 66.6 cm³/mol. The van der Waals surface area contributed by atoms with Crippen molar-refractivity contribution in [1.82, 2.24) is 10.3 Å².